The molecule has 0 rings (SSSR count). The van der Waals surface area contributed by atoms with Crippen molar-refractivity contribution < 1.29 is 9.47 Å². The predicted octanol–water partition coefficient (Wildman–Crippen LogP) is 4.79. The van der Waals surface area contributed by atoms with Gasteiger partial charge in [0.1, 0.15) is 0 Å². The van der Waals surface area contributed by atoms with E-state index in [1.807, 2.05) is 21.6 Å². The molecular formula is C16H38O2S2Si2. The summed E-state index contributed by atoms with van der Waals surface area (Å²) >= 11 is 0. The van der Waals surface area contributed by atoms with Gasteiger partial charge < -0.3 is 9.47 Å². The van der Waals surface area contributed by atoms with Crippen LogP contribution in [0.5, 0.6) is 0 Å². The maximum atomic E-state index is 5.86. The molecule has 0 saturated carbocycles. The van der Waals surface area contributed by atoms with Gasteiger partial charge >= 0.3 is 0 Å². The standard InChI is InChI=1S/C16H38O2S2Si2/c1-7-17-15(21(3)4)11-9-13-19-20-14-10-12-16(18-8-2)22(5)6/h15-16,21-22H,7-14H2,1-6H3. The van der Waals surface area contributed by atoms with Gasteiger partial charge in [0.15, 0.2) is 0 Å². The first-order valence-electron chi connectivity index (χ1n) is 9.00. The van der Waals surface area contributed by atoms with Crippen LogP contribution < -0.4 is 0 Å². The van der Waals surface area contributed by atoms with E-state index in [9.17, 15) is 0 Å². The summed E-state index contributed by atoms with van der Waals surface area (Å²) in [6.07, 6.45) is 5.12. The summed E-state index contributed by atoms with van der Waals surface area (Å²) in [7, 11) is 2.79. The van der Waals surface area contributed by atoms with Crippen molar-refractivity contribution in [2.45, 2.75) is 77.2 Å². The summed E-state index contributed by atoms with van der Waals surface area (Å²) in [6.45, 7) is 15.6. The predicted molar refractivity (Wildman–Crippen MR) is 112 cm³/mol. The average Bonchev–Trinajstić information content (AvgIpc) is 2.47. The van der Waals surface area contributed by atoms with E-state index in [4.69, 9.17) is 9.47 Å². The number of rotatable bonds is 15. The van der Waals surface area contributed by atoms with E-state index in [2.05, 4.69) is 40.0 Å². The molecule has 0 aromatic rings. The zero-order chi connectivity index (χ0) is 16.8. The van der Waals surface area contributed by atoms with E-state index in [1.165, 1.54) is 37.2 Å². The molecular weight excluding hydrogens is 344 g/mol. The largest absolute Gasteiger partial charge is 0.382 e. The smallest absolute Gasteiger partial charge is 0.0656 e. The molecule has 0 spiro atoms. The van der Waals surface area contributed by atoms with Crippen molar-refractivity contribution in [3.8, 4) is 0 Å². The molecule has 0 heterocycles. The van der Waals surface area contributed by atoms with E-state index in [0.29, 0.717) is 11.5 Å². The first kappa shape index (κ1) is 23.1. The lowest BCUT2D eigenvalue weighted by molar-refractivity contribution is 0.108. The Labute approximate surface area is 150 Å². The molecule has 134 valence electrons. The molecule has 2 unspecified atom stereocenters. The molecule has 2 nitrogen and oxygen atoms in total. The fourth-order valence-electron chi connectivity index (χ4n) is 2.45. The second kappa shape index (κ2) is 15.6. The van der Waals surface area contributed by atoms with Crippen molar-refractivity contribution >= 4 is 39.2 Å². The SMILES string of the molecule is CCOC(CCCSSCCCC(OCC)[SiH](C)C)[SiH](C)C. The molecule has 0 aromatic heterocycles. The maximum Gasteiger partial charge on any atom is 0.0656 e. The van der Waals surface area contributed by atoms with E-state index in [-0.39, 0.29) is 0 Å². The highest BCUT2D eigenvalue weighted by atomic mass is 33.1. The normalized spacial score (nSPS) is 14.7. The van der Waals surface area contributed by atoms with Crippen LogP contribution in [0.1, 0.15) is 39.5 Å². The number of ether oxygens (including phenoxy) is 2. The van der Waals surface area contributed by atoms with Crippen molar-refractivity contribution in [2.75, 3.05) is 24.7 Å². The Bertz CT molecular complexity index is 220. The van der Waals surface area contributed by atoms with Crippen LogP contribution in [0.2, 0.25) is 26.2 Å². The summed E-state index contributed by atoms with van der Waals surface area (Å²) in [5, 5.41) is 0. The van der Waals surface area contributed by atoms with Gasteiger partial charge in [0.2, 0.25) is 0 Å². The van der Waals surface area contributed by atoms with Crippen molar-refractivity contribution in [1.29, 1.82) is 0 Å². The average molecular weight is 383 g/mol. The van der Waals surface area contributed by atoms with E-state index >= 15 is 0 Å². The molecule has 0 fully saturated rings. The Morgan fingerprint density at radius 3 is 1.36 bits per heavy atom. The van der Waals surface area contributed by atoms with Crippen LogP contribution in [0.25, 0.3) is 0 Å². The van der Waals surface area contributed by atoms with Crippen LogP contribution in [0.3, 0.4) is 0 Å². The molecule has 0 saturated heterocycles. The highest BCUT2D eigenvalue weighted by Gasteiger charge is 2.14. The molecule has 0 bridgehead atoms. The van der Waals surface area contributed by atoms with Crippen LogP contribution in [-0.4, -0.2) is 53.8 Å². The van der Waals surface area contributed by atoms with Crippen LogP contribution in [0, 0.1) is 0 Å². The topological polar surface area (TPSA) is 18.5 Å². The summed E-state index contributed by atoms with van der Waals surface area (Å²) in [5.41, 5.74) is 1.16. The lowest BCUT2D eigenvalue weighted by atomic mass is 10.3. The van der Waals surface area contributed by atoms with Crippen molar-refractivity contribution in [3.63, 3.8) is 0 Å². The Kier molecular flexibility index (Phi) is 16.3. The Morgan fingerprint density at radius 1 is 0.727 bits per heavy atom. The van der Waals surface area contributed by atoms with Crippen LogP contribution in [-0.2, 0) is 9.47 Å². The number of hydrogen-bond donors (Lipinski definition) is 0. The minimum atomic E-state index is -0.650. The highest BCUT2D eigenvalue weighted by molar-refractivity contribution is 8.76. The molecule has 0 aliphatic rings. The Morgan fingerprint density at radius 2 is 1.09 bits per heavy atom. The molecule has 0 aromatic carbocycles. The van der Waals surface area contributed by atoms with Crippen molar-refractivity contribution in [3.05, 3.63) is 0 Å². The zero-order valence-electron chi connectivity index (χ0n) is 15.6. The van der Waals surface area contributed by atoms with Crippen molar-refractivity contribution in [2.24, 2.45) is 0 Å². The van der Waals surface area contributed by atoms with Crippen LogP contribution >= 0.6 is 21.6 Å². The maximum absolute atomic E-state index is 5.86. The lowest BCUT2D eigenvalue weighted by Crippen LogP contribution is -2.28. The van der Waals surface area contributed by atoms with Crippen molar-refractivity contribution in [1.82, 2.24) is 0 Å². The molecule has 0 N–H and O–H groups in total. The molecule has 0 aliphatic heterocycles. The van der Waals surface area contributed by atoms with Gasteiger partial charge in [0, 0.05) is 36.2 Å². The highest BCUT2D eigenvalue weighted by Crippen LogP contribution is 2.25. The minimum absolute atomic E-state index is 0.582. The monoisotopic (exact) mass is 382 g/mol. The fraction of sp³-hybridized carbons (Fsp3) is 1.00. The second-order valence-electron chi connectivity index (χ2n) is 6.40. The zero-order valence-corrected chi connectivity index (χ0v) is 19.5. The Balaban J connectivity index is 3.53. The quantitative estimate of drug-likeness (QED) is 0.230. The first-order chi connectivity index (χ1) is 10.5. The third-order valence-electron chi connectivity index (χ3n) is 3.76. The van der Waals surface area contributed by atoms with Gasteiger partial charge in [-0.15, -0.1) is 0 Å². The van der Waals surface area contributed by atoms with Crippen LogP contribution in [0.4, 0.5) is 0 Å². The molecule has 2 atom stereocenters. The molecule has 0 radical (unpaired) electrons. The Hall–Kier alpha value is 1.05. The van der Waals surface area contributed by atoms with Gasteiger partial charge in [0.05, 0.1) is 17.6 Å². The van der Waals surface area contributed by atoms with Crippen LogP contribution in [0.15, 0.2) is 0 Å². The summed E-state index contributed by atoms with van der Waals surface area (Å²) in [4.78, 5) is 0. The van der Waals surface area contributed by atoms with E-state index in [1.54, 1.807) is 0 Å². The first-order valence-corrected chi connectivity index (χ1v) is 17.4. The minimum Gasteiger partial charge on any atom is -0.382 e. The third kappa shape index (κ3) is 12.5. The van der Waals surface area contributed by atoms with Gasteiger partial charge in [0.25, 0.3) is 0 Å². The van der Waals surface area contributed by atoms with Gasteiger partial charge in [-0.05, 0) is 39.5 Å². The summed E-state index contributed by atoms with van der Waals surface area (Å²) in [5.74, 6) is 2.53. The third-order valence-corrected chi connectivity index (χ3v) is 10.4. The van der Waals surface area contributed by atoms with Gasteiger partial charge in [-0.1, -0.05) is 47.8 Å². The molecule has 6 heteroatoms. The molecule has 0 amide bonds. The summed E-state index contributed by atoms with van der Waals surface area (Å²) < 4.78 is 11.7. The fourth-order valence-corrected chi connectivity index (χ4v) is 7.63. The molecule has 0 aliphatic carbocycles. The summed E-state index contributed by atoms with van der Waals surface area (Å²) in [6, 6.07) is 0. The number of hydrogen-bond acceptors (Lipinski definition) is 4. The van der Waals surface area contributed by atoms with Gasteiger partial charge in [-0.25, -0.2) is 0 Å². The lowest BCUT2D eigenvalue weighted by Gasteiger charge is -2.20. The van der Waals surface area contributed by atoms with Gasteiger partial charge in [-0.3, -0.25) is 0 Å². The van der Waals surface area contributed by atoms with Gasteiger partial charge in [-0.2, -0.15) is 0 Å². The second-order valence-corrected chi connectivity index (χ2v) is 15.6. The van der Waals surface area contributed by atoms with E-state index < -0.39 is 17.6 Å². The van der Waals surface area contributed by atoms with E-state index in [0.717, 1.165) is 13.2 Å². The molecule has 22 heavy (non-hydrogen) atoms.